The third-order valence-electron chi connectivity index (χ3n) is 3.67. The maximum absolute atomic E-state index is 12.1. The first kappa shape index (κ1) is 15.2. The first-order valence-corrected chi connectivity index (χ1v) is 7.38. The van der Waals surface area contributed by atoms with Crippen LogP contribution in [0.5, 0.6) is 0 Å². The number of rotatable bonds is 0. The van der Waals surface area contributed by atoms with Crippen LogP contribution < -0.4 is 0 Å². The van der Waals surface area contributed by atoms with E-state index in [4.69, 9.17) is 16.3 Å². The lowest BCUT2D eigenvalue weighted by molar-refractivity contribution is 0.0251. The van der Waals surface area contributed by atoms with Crippen LogP contribution in [-0.4, -0.2) is 47.0 Å². The van der Waals surface area contributed by atoms with Gasteiger partial charge in [0.1, 0.15) is 5.60 Å². The van der Waals surface area contributed by atoms with Crippen LogP contribution in [-0.2, 0) is 4.74 Å². The Bertz CT molecular complexity index is 465. The van der Waals surface area contributed by atoms with Crippen LogP contribution in [0.2, 0.25) is 0 Å². The van der Waals surface area contributed by atoms with E-state index < -0.39 is 5.60 Å². The summed E-state index contributed by atoms with van der Waals surface area (Å²) in [7, 11) is 2.02. The highest BCUT2D eigenvalue weighted by Gasteiger charge is 2.34. The van der Waals surface area contributed by atoms with E-state index in [1.165, 1.54) is 5.70 Å². The standard InChI is InChI=1S/C15H23ClN2O2/c1-10-8-12(16)11-9-18(7-6-13(11)17(10)5)14(19)20-15(2,3)4/h12H,1,6-9H2,2-5H3. The number of alkyl halides is 1. The third-order valence-corrected chi connectivity index (χ3v) is 4.09. The van der Waals surface area contributed by atoms with Crippen molar-refractivity contribution < 1.29 is 9.53 Å². The number of nitrogens with zero attached hydrogens (tertiary/aromatic N) is 2. The van der Waals surface area contributed by atoms with E-state index in [9.17, 15) is 4.79 Å². The van der Waals surface area contributed by atoms with Gasteiger partial charge < -0.3 is 14.5 Å². The van der Waals surface area contributed by atoms with Crippen molar-refractivity contribution in [2.75, 3.05) is 20.1 Å². The van der Waals surface area contributed by atoms with E-state index in [-0.39, 0.29) is 11.5 Å². The SMILES string of the molecule is C=C1CC(Cl)C2=C(CCN(C(=O)OC(C)(C)C)C2)N1C. The maximum atomic E-state index is 12.1. The fourth-order valence-corrected chi connectivity index (χ4v) is 2.95. The molecule has 112 valence electrons. The van der Waals surface area contributed by atoms with Crippen LogP contribution >= 0.6 is 11.6 Å². The van der Waals surface area contributed by atoms with Crippen LogP contribution in [0, 0.1) is 0 Å². The molecule has 0 radical (unpaired) electrons. The van der Waals surface area contributed by atoms with Gasteiger partial charge in [0.15, 0.2) is 0 Å². The van der Waals surface area contributed by atoms with Gasteiger partial charge >= 0.3 is 6.09 Å². The average molecular weight is 299 g/mol. The molecule has 1 atom stereocenters. The Morgan fingerprint density at radius 1 is 1.45 bits per heavy atom. The quantitative estimate of drug-likeness (QED) is 0.643. The Labute approximate surface area is 126 Å². The molecule has 0 N–H and O–H groups in total. The largest absolute Gasteiger partial charge is 0.444 e. The normalized spacial score (nSPS) is 23.9. The summed E-state index contributed by atoms with van der Waals surface area (Å²) < 4.78 is 5.43. The molecule has 0 aromatic rings. The van der Waals surface area contributed by atoms with E-state index in [0.29, 0.717) is 13.1 Å². The first-order chi connectivity index (χ1) is 9.19. The van der Waals surface area contributed by atoms with Crippen molar-refractivity contribution in [1.82, 2.24) is 9.80 Å². The minimum Gasteiger partial charge on any atom is -0.444 e. The molecule has 4 nitrogen and oxygen atoms in total. The van der Waals surface area contributed by atoms with Gasteiger partial charge in [0, 0.05) is 44.4 Å². The van der Waals surface area contributed by atoms with E-state index in [1.807, 2.05) is 27.8 Å². The number of hydrogen-bond acceptors (Lipinski definition) is 3. The highest BCUT2D eigenvalue weighted by atomic mass is 35.5. The van der Waals surface area contributed by atoms with E-state index in [1.54, 1.807) is 4.90 Å². The molecule has 2 aliphatic rings. The molecule has 0 spiro atoms. The number of amides is 1. The molecular formula is C15H23ClN2O2. The molecule has 5 heteroatoms. The van der Waals surface area contributed by atoms with Gasteiger partial charge in [-0.15, -0.1) is 11.6 Å². The number of halogens is 1. The van der Waals surface area contributed by atoms with Crippen molar-refractivity contribution >= 4 is 17.7 Å². The zero-order valence-corrected chi connectivity index (χ0v) is 13.5. The molecule has 0 bridgehead atoms. The van der Waals surface area contributed by atoms with Gasteiger partial charge in [0.2, 0.25) is 0 Å². The molecule has 0 fully saturated rings. The minimum absolute atomic E-state index is 0.0704. The van der Waals surface area contributed by atoms with Gasteiger partial charge in [-0.1, -0.05) is 6.58 Å². The molecule has 0 saturated heterocycles. The Morgan fingerprint density at radius 3 is 2.70 bits per heavy atom. The van der Waals surface area contributed by atoms with Gasteiger partial charge in [-0.3, -0.25) is 0 Å². The van der Waals surface area contributed by atoms with Crippen molar-refractivity contribution in [3.05, 3.63) is 23.5 Å². The molecule has 0 aromatic heterocycles. The van der Waals surface area contributed by atoms with Gasteiger partial charge in [-0.25, -0.2) is 4.79 Å². The summed E-state index contributed by atoms with van der Waals surface area (Å²) in [5.74, 6) is 0. The molecule has 2 aliphatic heterocycles. The lowest BCUT2D eigenvalue weighted by Crippen LogP contribution is -2.45. The summed E-state index contributed by atoms with van der Waals surface area (Å²) in [4.78, 5) is 16.0. The first-order valence-electron chi connectivity index (χ1n) is 6.94. The summed E-state index contributed by atoms with van der Waals surface area (Å²) in [6, 6.07) is 0. The van der Waals surface area contributed by atoms with Crippen LogP contribution in [0.4, 0.5) is 4.79 Å². The zero-order valence-electron chi connectivity index (χ0n) is 12.7. The minimum atomic E-state index is -0.469. The fraction of sp³-hybridized carbons (Fsp3) is 0.667. The number of carbonyl (C=O) groups excluding carboxylic acids is 1. The fourth-order valence-electron chi connectivity index (χ4n) is 2.58. The number of hydrogen-bond donors (Lipinski definition) is 0. The van der Waals surface area contributed by atoms with Crippen LogP contribution in [0.1, 0.15) is 33.6 Å². The second-order valence-electron chi connectivity index (χ2n) is 6.42. The van der Waals surface area contributed by atoms with Crippen molar-refractivity contribution in [3.63, 3.8) is 0 Å². The van der Waals surface area contributed by atoms with Gasteiger partial charge in [-0.05, 0) is 26.3 Å². The molecular weight excluding hydrogens is 276 g/mol. The molecule has 20 heavy (non-hydrogen) atoms. The Morgan fingerprint density at radius 2 is 2.10 bits per heavy atom. The smallest absolute Gasteiger partial charge is 0.410 e. The highest BCUT2D eigenvalue weighted by molar-refractivity contribution is 6.22. The monoisotopic (exact) mass is 298 g/mol. The molecule has 0 saturated carbocycles. The lowest BCUT2D eigenvalue weighted by atomic mass is 9.95. The zero-order chi connectivity index (χ0) is 15.1. The second kappa shape index (κ2) is 5.32. The summed E-state index contributed by atoms with van der Waals surface area (Å²) in [6.07, 6.45) is 1.27. The van der Waals surface area contributed by atoms with E-state index in [0.717, 1.165) is 24.1 Å². The number of carbonyl (C=O) groups is 1. The van der Waals surface area contributed by atoms with Crippen molar-refractivity contribution in [3.8, 4) is 0 Å². The van der Waals surface area contributed by atoms with Gasteiger partial charge in [0.25, 0.3) is 0 Å². The van der Waals surface area contributed by atoms with E-state index >= 15 is 0 Å². The van der Waals surface area contributed by atoms with Gasteiger partial charge in [-0.2, -0.15) is 0 Å². The predicted molar refractivity (Wildman–Crippen MR) is 80.6 cm³/mol. The Hall–Kier alpha value is -1.16. The maximum Gasteiger partial charge on any atom is 0.410 e. The average Bonchev–Trinajstić information content (AvgIpc) is 2.33. The van der Waals surface area contributed by atoms with E-state index in [2.05, 4.69) is 11.5 Å². The third kappa shape index (κ3) is 3.11. The molecule has 2 heterocycles. The second-order valence-corrected chi connectivity index (χ2v) is 6.95. The Kier molecular flexibility index (Phi) is 4.05. The summed E-state index contributed by atoms with van der Waals surface area (Å²) in [6.45, 7) is 10.9. The topological polar surface area (TPSA) is 32.8 Å². The van der Waals surface area contributed by atoms with Crippen molar-refractivity contribution in [2.24, 2.45) is 0 Å². The summed E-state index contributed by atoms with van der Waals surface area (Å²) >= 11 is 6.43. The van der Waals surface area contributed by atoms with Crippen LogP contribution in [0.15, 0.2) is 23.5 Å². The van der Waals surface area contributed by atoms with Crippen LogP contribution in [0.25, 0.3) is 0 Å². The molecule has 2 rings (SSSR count). The summed E-state index contributed by atoms with van der Waals surface area (Å²) in [5.41, 5.74) is 2.90. The molecule has 0 aromatic carbocycles. The predicted octanol–water partition coefficient (Wildman–Crippen LogP) is 3.34. The highest BCUT2D eigenvalue weighted by Crippen LogP contribution is 2.35. The lowest BCUT2D eigenvalue weighted by Gasteiger charge is -2.41. The number of allylic oxidation sites excluding steroid dienone is 1. The van der Waals surface area contributed by atoms with Crippen molar-refractivity contribution in [1.29, 1.82) is 0 Å². The summed E-state index contributed by atoms with van der Waals surface area (Å²) in [5, 5.41) is -0.0704. The van der Waals surface area contributed by atoms with Gasteiger partial charge in [0.05, 0.1) is 5.38 Å². The Balaban J connectivity index is 2.13. The van der Waals surface area contributed by atoms with Crippen molar-refractivity contribution in [2.45, 2.75) is 44.6 Å². The molecule has 1 amide bonds. The molecule has 1 unspecified atom stereocenters. The number of ether oxygens (including phenoxy) is 1. The molecule has 0 aliphatic carbocycles. The van der Waals surface area contributed by atoms with Crippen LogP contribution in [0.3, 0.4) is 0 Å².